The summed E-state index contributed by atoms with van der Waals surface area (Å²) in [4.78, 5) is 2.44. The summed E-state index contributed by atoms with van der Waals surface area (Å²) >= 11 is 0. The molecule has 1 heteroatoms. The van der Waals surface area contributed by atoms with E-state index in [0.29, 0.717) is 5.92 Å². The van der Waals surface area contributed by atoms with Crippen molar-refractivity contribution in [3.63, 3.8) is 0 Å². The molecule has 2 aliphatic rings. The Hall–Kier alpha value is -7.22. The maximum absolute atomic E-state index is 2.46. The van der Waals surface area contributed by atoms with Crippen LogP contribution in [0.4, 0.5) is 11.4 Å². The van der Waals surface area contributed by atoms with Crippen LogP contribution in [0.1, 0.15) is 55.0 Å². The summed E-state index contributed by atoms with van der Waals surface area (Å²) in [6, 6.07) is 69.8. The molecule has 1 atom stereocenters. The number of benzene rings is 8. The van der Waals surface area contributed by atoms with Crippen LogP contribution in [0.25, 0.3) is 44.7 Å². The topological polar surface area (TPSA) is 3.24 Å². The molecule has 0 N–H and O–H groups in total. The molecule has 300 valence electrons. The monoisotopic (exact) mass is 797 g/mol. The molecule has 8 aromatic rings. The first kappa shape index (κ1) is 38.9. The van der Waals surface area contributed by atoms with Gasteiger partial charge >= 0.3 is 0 Å². The minimum atomic E-state index is -0.494. The van der Waals surface area contributed by atoms with E-state index in [1.54, 1.807) is 0 Å². The lowest BCUT2D eigenvalue weighted by atomic mass is 9.67. The summed E-state index contributed by atoms with van der Waals surface area (Å²) in [6.07, 6.45) is 15.6. The molecule has 8 aromatic carbocycles. The second-order valence-corrected chi connectivity index (χ2v) is 16.7. The smallest absolute Gasteiger partial charge is 0.0714 e. The van der Waals surface area contributed by atoms with Crippen molar-refractivity contribution in [2.75, 3.05) is 4.90 Å². The molecule has 2 aliphatic carbocycles. The lowest BCUT2D eigenvalue weighted by Crippen LogP contribution is -2.31. The summed E-state index contributed by atoms with van der Waals surface area (Å²) in [6.45, 7) is 6.61. The van der Waals surface area contributed by atoms with Gasteiger partial charge in [-0.05, 0) is 146 Å². The average Bonchev–Trinajstić information content (AvgIpc) is 3.63. The highest BCUT2D eigenvalue weighted by Crippen LogP contribution is 2.57. The number of anilines is 2. The third kappa shape index (κ3) is 6.85. The third-order valence-corrected chi connectivity index (χ3v) is 13.1. The second-order valence-electron chi connectivity index (χ2n) is 16.7. The maximum Gasteiger partial charge on any atom is 0.0714 e. The predicted octanol–water partition coefficient (Wildman–Crippen LogP) is 14.3. The molecule has 0 aliphatic heterocycles. The first-order valence-electron chi connectivity index (χ1n) is 22.1. The molecule has 0 fully saturated rings. The quantitative estimate of drug-likeness (QED) is 0.125. The zero-order valence-corrected chi connectivity index (χ0v) is 35.8. The van der Waals surface area contributed by atoms with Gasteiger partial charge in [-0.15, -0.1) is 0 Å². The number of allylic oxidation sites excluding steroid dienone is 5. The van der Waals surface area contributed by atoms with Gasteiger partial charge in [-0.1, -0.05) is 195 Å². The van der Waals surface area contributed by atoms with Crippen LogP contribution in [0.2, 0.25) is 0 Å². The molecule has 62 heavy (non-hydrogen) atoms. The highest BCUT2D eigenvalue weighted by atomic mass is 15.1. The number of fused-ring (bicyclic) bond motifs is 5. The average molecular weight is 798 g/mol. The largest absolute Gasteiger partial charge is 0.311 e. The Bertz CT molecular complexity index is 3110. The van der Waals surface area contributed by atoms with Gasteiger partial charge in [-0.25, -0.2) is 0 Å². The fourth-order valence-electron chi connectivity index (χ4n) is 10.1. The Balaban J connectivity index is 1.12. The van der Waals surface area contributed by atoms with Crippen molar-refractivity contribution in [1.29, 1.82) is 0 Å². The van der Waals surface area contributed by atoms with E-state index in [4.69, 9.17) is 0 Å². The van der Waals surface area contributed by atoms with Crippen molar-refractivity contribution in [3.05, 3.63) is 262 Å². The van der Waals surface area contributed by atoms with E-state index < -0.39 is 5.41 Å². The first-order chi connectivity index (χ1) is 30.6. The van der Waals surface area contributed by atoms with Crippen LogP contribution in [0, 0.1) is 5.92 Å². The van der Waals surface area contributed by atoms with Crippen LogP contribution < -0.4 is 15.3 Å². The number of hydrogen-bond donors (Lipinski definition) is 0. The van der Waals surface area contributed by atoms with Gasteiger partial charge in [0.05, 0.1) is 5.41 Å². The van der Waals surface area contributed by atoms with Crippen LogP contribution in [-0.4, -0.2) is 0 Å². The van der Waals surface area contributed by atoms with Crippen LogP contribution in [0.5, 0.6) is 0 Å². The van der Waals surface area contributed by atoms with Crippen molar-refractivity contribution in [2.45, 2.75) is 39.0 Å². The molecule has 1 unspecified atom stereocenters. The summed E-state index contributed by atoms with van der Waals surface area (Å²) in [7, 11) is 0. The van der Waals surface area contributed by atoms with Crippen molar-refractivity contribution >= 4 is 33.8 Å². The van der Waals surface area contributed by atoms with E-state index in [9.17, 15) is 0 Å². The zero-order chi connectivity index (χ0) is 42.0. The van der Waals surface area contributed by atoms with Crippen LogP contribution in [0.3, 0.4) is 0 Å². The molecule has 10 rings (SSSR count). The predicted molar refractivity (Wildman–Crippen MR) is 264 cm³/mol. The molecule has 0 spiro atoms. The van der Waals surface area contributed by atoms with E-state index in [1.807, 2.05) is 0 Å². The Morgan fingerprint density at radius 2 is 1.26 bits per heavy atom. The summed E-state index contributed by atoms with van der Waals surface area (Å²) in [5, 5.41) is 5.21. The molecular formula is C61H51N. The van der Waals surface area contributed by atoms with E-state index in [2.05, 4.69) is 250 Å². The molecule has 1 nitrogen and oxygen atoms in total. The van der Waals surface area contributed by atoms with Gasteiger partial charge in [0, 0.05) is 17.1 Å². The SMILES string of the molecule is C/C=C\C1=c2cc(-c3ccc(N(C(/C=C\Cc4ccc5ccccc5c4)=C/C)c4ccc5c(c4)C(c4ccccc4)(c4ccccc4)c4ccccc4-5)cc3)ccc2=CCC1C. The molecule has 0 aromatic heterocycles. The number of hydrogen-bond acceptors (Lipinski definition) is 1. The van der Waals surface area contributed by atoms with Gasteiger partial charge < -0.3 is 4.90 Å². The van der Waals surface area contributed by atoms with Gasteiger partial charge in [-0.2, -0.15) is 0 Å². The number of nitrogens with zero attached hydrogens (tertiary/aromatic N) is 1. The van der Waals surface area contributed by atoms with E-state index >= 15 is 0 Å². The third-order valence-electron chi connectivity index (χ3n) is 13.1. The van der Waals surface area contributed by atoms with Crippen LogP contribution in [0.15, 0.2) is 224 Å². The fraction of sp³-hybridized carbons (Fsp3) is 0.115. The lowest BCUT2D eigenvalue weighted by Gasteiger charge is -2.35. The summed E-state index contributed by atoms with van der Waals surface area (Å²) in [5.41, 5.74) is 15.7. The van der Waals surface area contributed by atoms with Gasteiger partial charge in [0.2, 0.25) is 0 Å². The summed E-state index contributed by atoms with van der Waals surface area (Å²) < 4.78 is 0. The molecule has 0 saturated heterocycles. The number of rotatable bonds is 10. The van der Waals surface area contributed by atoms with E-state index in [0.717, 1.165) is 29.9 Å². The molecule has 0 amide bonds. The zero-order valence-electron chi connectivity index (χ0n) is 35.8. The van der Waals surface area contributed by atoms with Crippen molar-refractivity contribution in [3.8, 4) is 22.3 Å². The highest BCUT2D eigenvalue weighted by Gasteiger charge is 2.46. The molecular weight excluding hydrogens is 747 g/mol. The van der Waals surface area contributed by atoms with Gasteiger partial charge in [0.15, 0.2) is 0 Å². The van der Waals surface area contributed by atoms with Gasteiger partial charge in [0.1, 0.15) is 0 Å². The normalized spacial score (nSPS) is 15.4. The molecule has 0 heterocycles. The highest BCUT2D eigenvalue weighted by molar-refractivity contribution is 5.89. The second kappa shape index (κ2) is 16.7. The lowest BCUT2D eigenvalue weighted by molar-refractivity contribution is 0.768. The van der Waals surface area contributed by atoms with E-state index in [-0.39, 0.29) is 0 Å². The Morgan fingerprint density at radius 3 is 2.00 bits per heavy atom. The first-order valence-corrected chi connectivity index (χ1v) is 22.1. The van der Waals surface area contributed by atoms with Crippen LogP contribution >= 0.6 is 0 Å². The van der Waals surface area contributed by atoms with Crippen LogP contribution in [-0.2, 0) is 11.8 Å². The minimum absolute atomic E-state index is 0.494. The van der Waals surface area contributed by atoms with Crippen molar-refractivity contribution in [2.24, 2.45) is 5.92 Å². The minimum Gasteiger partial charge on any atom is -0.311 e. The Kier molecular flexibility index (Phi) is 10.5. The Morgan fingerprint density at radius 1 is 0.597 bits per heavy atom. The summed E-state index contributed by atoms with van der Waals surface area (Å²) in [5.74, 6) is 0.501. The fourth-order valence-corrected chi connectivity index (χ4v) is 10.1. The Labute approximate surface area is 366 Å². The molecule has 0 bridgehead atoms. The standard InChI is InChI=1S/C61H51N/c1-4-17-55-43(3)28-30-47-32-33-49(41-58(47)55)46-34-36-53(37-35-46)62(52(5-2)25-16-18-44-29-31-45-19-12-13-20-48(45)40-44)54-38-39-57-56-26-14-15-27-59(56)61(60(57)42-54,50-21-8-6-9-22-50)51-23-10-7-11-24-51/h4-17,19-27,29-43H,18,28H2,1-3H3/b17-4-,25-16-,52-5+. The molecule has 0 saturated carbocycles. The molecule has 0 radical (unpaired) electrons. The van der Waals surface area contributed by atoms with Crippen molar-refractivity contribution in [1.82, 2.24) is 0 Å². The van der Waals surface area contributed by atoms with E-state index in [1.165, 1.54) is 76.9 Å². The van der Waals surface area contributed by atoms with Gasteiger partial charge in [-0.3, -0.25) is 0 Å². The van der Waals surface area contributed by atoms with Crippen molar-refractivity contribution < 1.29 is 0 Å². The van der Waals surface area contributed by atoms with Gasteiger partial charge in [0.25, 0.3) is 0 Å². The maximum atomic E-state index is 2.46.